The van der Waals surface area contributed by atoms with E-state index in [4.69, 9.17) is 19.3 Å². The fourth-order valence-corrected chi connectivity index (χ4v) is 2.47. The van der Waals surface area contributed by atoms with Gasteiger partial charge in [-0.3, -0.25) is 0 Å². The Morgan fingerprint density at radius 3 is 1.57 bits per heavy atom. The van der Waals surface area contributed by atoms with Crippen LogP contribution in [0.4, 0.5) is 4.39 Å². The van der Waals surface area contributed by atoms with Crippen molar-refractivity contribution in [1.29, 1.82) is 0 Å². The average molecular weight is 344 g/mol. The molecule has 0 aromatic carbocycles. The van der Waals surface area contributed by atoms with Gasteiger partial charge in [-0.2, -0.15) is 0 Å². The fourth-order valence-electron chi connectivity index (χ4n) is 2.47. The Morgan fingerprint density at radius 2 is 1.13 bits per heavy atom. The van der Waals surface area contributed by atoms with E-state index in [-0.39, 0.29) is 0 Å². The molecule has 11 heteroatoms. The lowest BCUT2D eigenvalue weighted by atomic mass is 9.98. The molecule has 0 aromatic heterocycles. The number of halogens is 1. The van der Waals surface area contributed by atoms with Gasteiger partial charge in [0.15, 0.2) is 12.6 Å². The predicted octanol–water partition coefficient (Wildman–Crippen LogP) is -4.42. The summed E-state index contributed by atoms with van der Waals surface area (Å²) in [6.45, 7) is -1.85. The van der Waals surface area contributed by atoms with E-state index >= 15 is 0 Å². The van der Waals surface area contributed by atoms with Crippen molar-refractivity contribution in [3.8, 4) is 0 Å². The SMILES string of the molecule is OCC1O[C@H](O[C@H]2OC(CF)[C@@H](O)C(O)C2O)C(O)[C@@H](O)[C@@H]1O. The molecule has 2 aliphatic rings. The summed E-state index contributed by atoms with van der Waals surface area (Å²) in [7, 11) is 0. The lowest BCUT2D eigenvalue weighted by Gasteiger charge is -2.44. The van der Waals surface area contributed by atoms with Crippen LogP contribution in [0.1, 0.15) is 0 Å². The maximum absolute atomic E-state index is 12.8. The maximum Gasteiger partial charge on any atom is 0.189 e. The molecule has 0 saturated carbocycles. The number of ether oxygens (including phenoxy) is 3. The summed E-state index contributed by atoms with van der Waals surface area (Å²) >= 11 is 0. The van der Waals surface area contributed by atoms with Crippen LogP contribution in [0.2, 0.25) is 0 Å². The number of aliphatic hydroxyl groups excluding tert-OH is 7. The molecule has 136 valence electrons. The summed E-state index contributed by atoms with van der Waals surface area (Å²) in [4.78, 5) is 0. The minimum absolute atomic E-state index is 0.687. The van der Waals surface area contributed by atoms with Crippen LogP contribution >= 0.6 is 0 Å². The van der Waals surface area contributed by atoms with Crippen molar-refractivity contribution >= 4 is 0 Å². The van der Waals surface area contributed by atoms with Crippen molar-refractivity contribution in [2.75, 3.05) is 13.3 Å². The van der Waals surface area contributed by atoms with Gasteiger partial charge < -0.3 is 50.0 Å². The van der Waals surface area contributed by atoms with Crippen molar-refractivity contribution in [3.05, 3.63) is 0 Å². The molecule has 2 rings (SSSR count). The third-order valence-electron chi connectivity index (χ3n) is 3.94. The lowest BCUT2D eigenvalue weighted by Crippen LogP contribution is -2.63. The molecule has 10 atom stereocenters. The van der Waals surface area contributed by atoms with E-state index in [9.17, 15) is 35.0 Å². The molecule has 0 bridgehead atoms. The minimum Gasteiger partial charge on any atom is -0.394 e. The van der Waals surface area contributed by atoms with Crippen LogP contribution < -0.4 is 0 Å². The number of rotatable bonds is 4. The van der Waals surface area contributed by atoms with Gasteiger partial charge in [-0.1, -0.05) is 0 Å². The van der Waals surface area contributed by atoms with Crippen molar-refractivity contribution in [2.45, 2.75) is 61.4 Å². The first-order valence-corrected chi connectivity index (χ1v) is 7.03. The third-order valence-corrected chi connectivity index (χ3v) is 3.94. The van der Waals surface area contributed by atoms with E-state index in [1.807, 2.05) is 0 Å². The van der Waals surface area contributed by atoms with Crippen molar-refractivity contribution in [1.82, 2.24) is 0 Å². The molecule has 7 N–H and O–H groups in total. The molecule has 2 fully saturated rings. The van der Waals surface area contributed by atoms with Crippen molar-refractivity contribution < 1.29 is 54.3 Å². The highest BCUT2D eigenvalue weighted by Crippen LogP contribution is 2.28. The minimum atomic E-state index is -1.78. The van der Waals surface area contributed by atoms with Crippen LogP contribution in [0.3, 0.4) is 0 Å². The third kappa shape index (κ3) is 3.64. The van der Waals surface area contributed by atoms with Crippen LogP contribution in [0.25, 0.3) is 0 Å². The van der Waals surface area contributed by atoms with Crippen molar-refractivity contribution in [2.24, 2.45) is 0 Å². The number of alkyl halides is 1. The monoisotopic (exact) mass is 344 g/mol. The number of hydrogen-bond acceptors (Lipinski definition) is 10. The van der Waals surface area contributed by atoms with Crippen LogP contribution in [0.15, 0.2) is 0 Å². The number of hydrogen-bond donors (Lipinski definition) is 7. The predicted molar refractivity (Wildman–Crippen MR) is 67.5 cm³/mol. The molecule has 2 heterocycles. The zero-order chi connectivity index (χ0) is 17.3. The van der Waals surface area contributed by atoms with E-state index in [0.717, 1.165) is 0 Å². The van der Waals surface area contributed by atoms with Crippen LogP contribution in [0.5, 0.6) is 0 Å². The van der Waals surface area contributed by atoms with Crippen LogP contribution in [-0.4, -0.2) is 110 Å². The highest BCUT2D eigenvalue weighted by atomic mass is 19.1. The maximum atomic E-state index is 12.8. The Hall–Kier alpha value is -0.470. The standard InChI is InChI=1S/C12H21FO10/c13-1-3-5(15)7(17)9(19)11(21-3)23-12-10(20)8(18)6(16)4(2-14)22-12/h3-12,14-20H,1-2H2/t3?,4?,5-,6-,7?,8+,9?,10?,11-,12-/m1/s1. The molecule has 0 aromatic rings. The summed E-state index contributed by atoms with van der Waals surface area (Å²) < 4.78 is 27.9. The van der Waals surface area contributed by atoms with E-state index in [2.05, 4.69) is 0 Å². The fraction of sp³-hybridized carbons (Fsp3) is 1.00. The van der Waals surface area contributed by atoms with Gasteiger partial charge in [-0.25, -0.2) is 4.39 Å². The summed E-state index contributed by atoms with van der Waals surface area (Å²) in [5, 5.41) is 67.1. The second-order valence-corrected chi connectivity index (χ2v) is 5.50. The van der Waals surface area contributed by atoms with E-state index in [1.165, 1.54) is 0 Å². The molecule has 0 radical (unpaired) electrons. The normalized spacial score (nSPS) is 51.7. The second-order valence-electron chi connectivity index (χ2n) is 5.50. The van der Waals surface area contributed by atoms with Gasteiger partial charge in [0.2, 0.25) is 0 Å². The molecule has 2 saturated heterocycles. The van der Waals surface area contributed by atoms with Gasteiger partial charge in [-0.15, -0.1) is 0 Å². The molecular weight excluding hydrogens is 323 g/mol. The highest BCUT2D eigenvalue weighted by Gasteiger charge is 2.49. The largest absolute Gasteiger partial charge is 0.394 e. The summed E-state index contributed by atoms with van der Waals surface area (Å²) in [5.74, 6) is 0. The van der Waals surface area contributed by atoms with Gasteiger partial charge >= 0.3 is 0 Å². The van der Waals surface area contributed by atoms with Gasteiger partial charge in [0.1, 0.15) is 55.5 Å². The molecule has 0 amide bonds. The Bertz CT molecular complexity index is 349. The second kappa shape index (κ2) is 7.61. The topological polar surface area (TPSA) is 169 Å². The quantitative estimate of drug-likeness (QED) is 0.264. The molecule has 0 spiro atoms. The van der Waals surface area contributed by atoms with Crippen LogP contribution in [0, 0.1) is 0 Å². The smallest absolute Gasteiger partial charge is 0.189 e. The molecule has 0 aliphatic carbocycles. The first kappa shape index (κ1) is 18.9. The zero-order valence-electron chi connectivity index (χ0n) is 11.9. The molecule has 10 nitrogen and oxygen atoms in total. The summed E-state index contributed by atoms with van der Waals surface area (Å²) in [6, 6.07) is 0. The van der Waals surface area contributed by atoms with E-state index in [1.54, 1.807) is 0 Å². The molecule has 2 aliphatic heterocycles. The highest BCUT2D eigenvalue weighted by molar-refractivity contribution is 4.92. The first-order chi connectivity index (χ1) is 10.8. The van der Waals surface area contributed by atoms with Crippen LogP contribution in [-0.2, 0) is 14.2 Å². The first-order valence-electron chi connectivity index (χ1n) is 7.03. The van der Waals surface area contributed by atoms with Gasteiger partial charge in [-0.05, 0) is 0 Å². The zero-order valence-corrected chi connectivity index (χ0v) is 11.9. The Kier molecular flexibility index (Phi) is 6.24. The Balaban J connectivity index is 2.07. The number of aliphatic hydroxyl groups is 7. The van der Waals surface area contributed by atoms with E-state index < -0.39 is 74.7 Å². The lowest BCUT2D eigenvalue weighted by molar-refractivity contribution is -0.375. The van der Waals surface area contributed by atoms with E-state index in [0.29, 0.717) is 0 Å². The van der Waals surface area contributed by atoms with Gasteiger partial charge in [0, 0.05) is 0 Å². The molecule has 23 heavy (non-hydrogen) atoms. The summed E-state index contributed by atoms with van der Waals surface area (Å²) in [5.41, 5.74) is 0. The average Bonchev–Trinajstić information content (AvgIpc) is 2.55. The Labute approximate surface area is 130 Å². The Morgan fingerprint density at radius 1 is 0.696 bits per heavy atom. The van der Waals surface area contributed by atoms with Gasteiger partial charge in [0.25, 0.3) is 0 Å². The molecular formula is C12H21FO10. The van der Waals surface area contributed by atoms with Crippen molar-refractivity contribution in [3.63, 3.8) is 0 Å². The molecule has 5 unspecified atom stereocenters. The van der Waals surface area contributed by atoms with Gasteiger partial charge in [0.05, 0.1) is 6.61 Å². The summed E-state index contributed by atoms with van der Waals surface area (Å²) in [6.07, 6.45) is -16.3.